The summed E-state index contributed by atoms with van der Waals surface area (Å²) in [6.45, 7) is 3.98. The lowest BCUT2D eigenvalue weighted by Gasteiger charge is -2.17. The zero-order valence-electron chi connectivity index (χ0n) is 15.9. The van der Waals surface area contributed by atoms with E-state index in [1.165, 1.54) is 18.9 Å². The summed E-state index contributed by atoms with van der Waals surface area (Å²) in [4.78, 5) is 12.4. The number of carbonyl (C=O) groups excluding carboxylic acids is 1. The van der Waals surface area contributed by atoms with E-state index in [0.717, 1.165) is 28.1 Å². The Hall–Kier alpha value is -2.93. The highest BCUT2D eigenvalue weighted by Crippen LogP contribution is 2.45. The van der Waals surface area contributed by atoms with Crippen LogP contribution in [0, 0.1) is 13.8 Å². The number of fused-ring (bicyclic) bond motifs is 1. The number of hydrogen-bond acceptors (Lipinski definition) is 5. The van der Waals surface area contributed by atoms with Crippen LogP contribution < -0.4 is 10.1 Å². The van der Waals surface area contributed by atoms with Crippen molar-refractivity contribution in [2.24, 2.45) is 0 Å². The minimum Gasteiger partial charge on any atom is -0.504 e. The summed E-state index contributed by atoms with van der Waals surface area (Å²) < 4.78 is 7.09. The Balaban J connectivity index is 1.90. The molecule has 4 rings (SSSR count). The molecular formula is C21H21N3O3S. The number of phenols is 1. The van der Waals surface area contributed by atoms with Crippen LogP contribution >= 0.6 is 11.8 Å². The van der Waals surface area contributed by atoms with Crippen LogP contribution in [0.25, 0.3) is 5.69 Å². The maximum Gasteiger partial charge on any atom is 0.235 e. The van der Waals surface area contributed by atoms with Gasteiger partial charge in [0.15, 0.2) is 11.5 Å². The first-order valence-electron chi connectivity index (χ1n) is 8.93. The van der Waals surface area contributed by atoms with E-state index in [1.54, 1.807) is 6.07 Å². The molecule has 0 fully saturated rings. The average Bonchev–Trinajstić information content (AvgIpc) is 2.88. The lowest BCUT2D eigenvalue weighted by Crippen LogP contribution is -2.16. The maximum absolute atomic E-state index is 12.4. The Bertz CT molecular complexity index is 1060. The van der Waals surface area contributed by atoms with Gasteiger partial charge in [-0.15, -0.1) is 11.8 Å². The molecule has 3 aromatic rings. The number of thioether (sulfide) groups is 1. The van der Waals surface area contributed by atoms with Crippen molar-refractivity contribution in [3.05, 3.63) is 64.8 Å². The molecular weight excluding hydrogens is 374 g/mol. The number of carbonyl (C=O) groups is 1. The van der Waals surface area contributed by atoms with Crippen molar-refractivity contribution in [1.82, 2.24) is 9.78 Å². The van der Waals surface area contributed by atoms with E-state index < -0.39 is 0 Å². The molecule has 1 amide bonds. The highest BCUT2D eigenvalue weighted by molar-refractivity contribution is 8.00. The molecule has 1 aliphatic rings. The molecule has 0 aliphatic carbocycles. The average molecular weight is 395 g/mol. The summed E-state index contributed by atoms with van der Waals surface area (Å²) in [6.07, 6.45) is 0. The molecule has 2 N–H and O–H groups in total. The van der Waals surface area contributed by atoms with Gasteiger partial charge in [0.2, 0.25) is 5.91 Å². The van der Waals surface area contributed by atoms with Crippen molar-refractivity contribution in [2.45, 2.75) is 19.1 Å². The van der Waals surface area contributed by atoms with E-state index >= 15 is 0 Å². The van der Waals surface area contributed by atoms with Crippen LogP contribution in [0.4, 0.5) is 5.82 Å². The number of para-hydroxylation sites is 1. The molecule has 0 saturated carbocycles. The van der Waals surface area contributed by atoms with Crippen molar-refractivity contribution in [1.29, 1.82) is 0 Å². The summed E-state index contributed by atoms with van der Waals surface area (Å²) in [5, 5.41) is 17.6. The largest absolute Gasteiger partial charge is 0.504 e. The minimum atomic E-state index is -0.110. The number of nitrogens with one attached hydrogen (secondary N) is 1. The standard InChI is InChI=1S/C21H21N3O3S/c1-12-6-4-5-7-15(12)24-21-19(13(2)23-24)20(28-11-18(26)22-21)14-8-9-16(25)17(10-14)27-3/h4-10,20,25H,11H2,1-3H3,(H,22,26)/t20-/m1/s1. The Morgan fingerprint density at radius 1 is 1.25 bits per heavy atom. The van der Waals surface area contributed by atoms with Gasteiger partial charge in [-0.05, 0) is 43.2 Å². The van der Waals surface area contributed by atoms with Gasteiger partial charge in [-0.1, -0.05) is 24.3 Å². The van der Waals surface area contributed by atoms with Gasteiger partial charge in [-0.25, -0.2) is 4.68 Å². The summed E-state index contributed by atoms with van der Waals surface area (Å²) in [5.41, 5.74) is 4.77. The van der Waals surface area contributed by atoms with Gasteiger partial charge in [0.25, 0.3) is 0 Å². The number of hydrogen-bond donors (Lipinski definition) is 2. The van der Waals surface area contributed by atoms with Gasteiger partial charge >= 0.3 is 0 Å². The topological polar surface area (TPSA) is 76.4 Å². The Morgan fingerprint density at radius 2 is 2.04 bits per heavy atom. The van der Waals surface area contributed by atoms with Crippen LogP contribution in [0.15, 0.2) is 42.5 Å². The van der Waals surface area contributed by atoms with Crippen molar-refractivity contribution in [3.63, 3.8) is 0 Å². The first kappa shape index (κ1) is 18.4. The van der Waals surface area contributed by atoms with Gasteiger partial charge in [-0.3, -0.25) is 4.79 Å². The van der Waals surface area contributed by atoms with Crippen molar-refractivity contribution < 1.29 is 14.6 Å². The molecule has 0 unspecified atom stereocenters. The van der Waals surface area contributed by atoms with Gasteiger partial charge in [-0.2, -0.15) is 5.10 Å². The monoisotopic (exact) mass is 395 g/mol. The number of aromatic nitrogens is 2. The van der Waals surface area contributed by atoms with Crippen molar-refractivity contribution >= 4 is 23.5 Å². The normalized spacial score (nSPS) is 16.2. The number of amides is 1. The van der Waals surface area contributed by atoms with E-state index in [4.69, 9.17) is 9.84 Å². The highest BCUT2D eigenvalue weighted by atomic mass is 32.2. The van der Waals surface area contributed by atoms with Crippen LogP contribution in [-0.4, -0.2) is 33.7 Å². The highest BCUT2D eigenvalue weighted by Gasteiger charge is 2.31. The number of rotatable bonds is 3. The van der Waals surface area contributed by atoms with Gasteiger partial charge in [0, 0.05) is 5.56 Å². The summed E-state index contributed by atoms with van der Waals surface area (Å²) in [5.74, 6) is 1.46. The molecule has 1 atom stereocenters. The van der Waals surface area contributed by atoms with Crippen LogP contribution in [0.3, 0.4) is 0 Å². The lowest BCUT2D eigenvalue weighted by molar-refractivity contribution is -0.113. The number of ether oxygens (including phenoxy) is 1. The Morgan fingerprint density at radius 3 is 2.79 bits per heavy atom. The second kappa shape index (κ2) is 7.24. The maximum atomic E-state index is 12.4. The van der Waals surface area contributed by atoms with Crippen molar-refractivity contribution in [3.8, 4) is 17.2 Å². The summed E-state index contributed by atoms with van der Waals surface area (Å²) >= 11 is 1.54. The zero-order chi connectivity index (χ0) is 19.8. The van der Waals surface area contributed by atoms with Crippen LogP contribution in [-0.2, 0) is 4.79 Å². The van der Waals surface area contributed by atoms with Crippen LogP contribution in [0.1, 0.15) is 27.6 Å². The molecule has 1 aromatic heterocycles. The van der Waals surface area contributed by atoms with Crippen molar-refractivity contribution in [2.75, 3.05) is 18.2 Å². The van der Waals surface area contributed by atoms with E-state index in [0.29, 0.717) is 17.3 Å². The van der Waals surface area contributed by atoms with E-state index in [9.17, 15) is 9.90 Å². The third-order valence-corrected chi connectivity index (χ3v) is 6.13. The number of phenolic OH excluding ortho intramolecular Hbond substituents is 1. The Labute approximate surface area is 167 Å². The van der Waals surface area contributed by atoms with E-state index in [2.05, 4.69) is 5.32 Å². The number of anilines is 1. The SMILES string of the molecule is COc1cc([C@H]2SCC(=O)Nc3c2c(C)nn3-c2ccccc2C)ccc1O. The molecule has 0 bridgehead atoms. The first-order valence-corrected chi connectivity index (χ1v) is 9.98. The van der Waals surface area contributed by atoms with Gasteiger partial charge in [0.1, 0.15) is 5.82 Å². The van der Waals surface area contributed by atoms with Crippen LogP contribution in [0.2, 0.25) is 0 Å². The third-order valence-electron chi connectivity index (χ3n) is 4.86. The molecule has 144 valence electrons. The van der Waals surface area contributed by atoms with Gasteiger partial charge < -0.3 is 15.2 Å². The first-order chi connectivity index (χ1) is 13.5. The molecule has 7 heteroatoms. The number of aryl methyl sites for hydroxylation is 2. The summed E-state index contributed by atoms with van der Waals surface area (Å²) in [6, 6.07) is 13.3. The minimum absolute atomic E-state index is 0.0609. The fourth-order valence-electron chi connectivity index (χ4n) is 3.48. The van der Waals surface area contributed by atoms with Crippen LogP contribution in [0.5, 0.6) is 11.5 Å². The number of nitrogens with zero attached hydrogens (tertiary/aromatic N) is 2. The fraction of sp³-hybridized carbons (Fsp3) is 0.238. The molecule has 0 radical (unpaired) electrons. The quantitative estimate of drug-likeness (QED) is 0.702. The molecule has 2 aromatic carbocycles. The third kappa shape index (κ3) is 3.11. The lowest BCUT2D eigenvalue weighted by atomic mass is 10.0. The number of aromatic hydroxyl groups is 1. The Kier molecular flexibility index (Phi) is 4.77. The number of benzene rings is 2. The second-order valence-electron chi connectivity index (χ2n) is 6.72. The van der Waals surface area contributed by atoms with E-state index in [-0.39, 0.29) is 16.9 Å². The molecule has 6 nitrogen and oxygen atoms in total. The molecule has 0 saturated heterocycles. The predicted molar refractivity (Wildman–Crippen MR) is 111 cm³/mol. The predicted octanol–water partition coefficient (Wildman–Crippen LogP) is 3.98. The molecule has 1 aliphatic heterocycles. The second-order valence-corrected chi connectivity index (χ2v) is 7.81. The molecule has 2 heterocycles. The fourth-order valence-corrected chi connectivity index (χ4v) is 4.66. The smallest absolute Gasteiger partial charge is 0.235 e. The molecule has 28 heavy (non-hydrogen) atoms. The van der Waals surface area contributed by atoms with Gasteiger partial charge in [0.05, 0.1) is 29.5 Å². The summed E-state index contributed by atoms with van der Waals surface area (Å²) in [7, 11) is 1.52. The zero-order valence-corrected chi connectivity index (χ0v) is 16.7. The van der Waals surface area contributed by atoms with E-state index in [1.807, 2.05) is 54.9 Å². The number of methoxy groups -OCH3 is 1. The molecule has 0 spiro atoms.